The zero-order chi connectivity index (χ0) is 12.1. The van der Waals surface area contributed by atoms with Gasteiger partial charge in [0, 0.05) is 6.61 Å². The summed E-state index contributed by atoms with van der Waals surface area (Å²) in [6.45, 7) is 6.23. The van der Waals surface area contributed by atoms with Gasteiger partial charge in [-0.05, 0) is 38.0 Å². The van der Waals surface area contributed by atoms with E-state index in [0.717, 1.165) is 5.56 Å². The Hall–Kier alpha value is -0.970. The number of benzene rings is 1. The highest BCUT2D eigenvalue weighted by Gasteiger charge is 2.18. The van der Waals surface area contributed by atoms with E-state index in [9.17, 15) is 4.39 Å². The molecule has 0 radical (unpaired) electrons. The van der Waals surface area contributed by atoms with E-state index in [4.69, 9.17) is 10.6 Å². The standard InChI is InChI=1S/C12H19FN2O/c1-4-16-9(3)12(15-14)10-5-6-11(13)8(2)7-10/h5-7,9,12,15H,4,14H2,1-3H3. The van der Waals surface area contributed by atoms with Crippen LogP contribution in [0.25, 0.3) is 0 Å². The van der Waals surface area contributed by atoms with Gasteiger partial charge in [0.25, 0.3) is 0 Å². The van der Waals surface area contributed by atoms with Crippen molar-refractivity contribution >= 4 is 0 Å². The van der Waals surface area contributed by atoms with E-state index in [2.05, 4.69) is 5.43 Å². The van der Waals surface area contributed by atoms with Gasteiger partial charge in [-0.25, -0.2) is 4.39 Å². The summed E-state index contributed by atoms with van der Waals surface area (Å²) < 4.78 is 18.6. The SMILES string of the molecule is CCOC(C)C(NN)c1ccc(F)c(C)c1. The molecule has 0 aliphatic carbocycles. The maximum Gasteiger partial charge on any atom is 0.126 e. The fourth-order valence-corrected chi connectivity index (χ4v) is 1.72. The molecule has 1 aromatic carbocycles. The number of hydrazine groups is 1. The normalized spacial score (nSPS) is 14.8. The summed E-state index contributed by atoms with van der Waals surface area (Å²) in [5.41, 5.74) is 4.25. The van der Waals surface area contributed by atoms with Crippen LogP contribution in [0, 0.1) is 12.7 Å². The van der Waals surface area contributed by atoms with Crippen LogP contribution in [0.5, 0.6) is 0 Å². The van der Waals surface area contributed by atoms with Gasteiger partial charge < -0.3 is 4.74 Å². The summed E-state index contributed by atoms with van der Waals surface area (Å²) >= 11 is 0. The fourth-order valence-electron chi connectivity index (χ4n) is 1.72. The minimum absolute atomic E-state index is 0.0557. The second kappa shape index (κ2) is 5.94. The van der Waals surface area contributed by atoms with E-state index >= 15 is 0 Å². The van der Waals surface area contributed by atoms with Crippen molar-refractivity contribution in [2.45, 2.75) is 32.9 Å². The number of rotatable bonds is 5. The summed E-state index contributed by atoms with van der Waals surface area (Å²) in [6, 6.07) is 4.84. The van der Waals surface area contributed by atoms with Gasteiger partial charge in [-0.15, -0.1) is 0 Å². The first kappa shape index (κ1) is 13.1. The van der Waals surface area contributed by atoms with Gasteiger partial charge in [-0.1, -0.05) is 12.1 Å². The van der Waals surface area contributed by atoms with Crippen LogP contribution >= 0.6 is 0 Å². The Morgan fingerprint density at radius 1 is 1.50 bits per heavy atom. The molecule has 0 spiro atoms. The highest BCUT2D eigenvalue weighted by molar-refractivity contribution is 5.27. The fraction of sp³-hybridized carbons (Fsp3) is 0.500. The molecule has 2 atom stereocenters. The monoisotopic (exact) mass is 226 g/mol. The van der Waals surface area contributed by atoms with Crippen LogP contribution < -0.4 is 11.3 Å². The van der Waals surface area contributed by atoms with Gasteiger partial charge in [0.05, 0.1) is 12.1 Å². The van der Waals surface area contributed by atoms with Crippen molar-refractivity contribution in [3.05, 3.63) is 35.1 Å². The zero-order valence-electron chi connectivity index (χ0n) is 9.96. The van der Waals surface area contributed by atoms with Gasteiger partial charge >= 0.3 is 0 Å². The second-order valence-corrected chi connectivity index (χ2v) is 3.81. The predicted octanol–water partition coefficient (Wildman–Crippen LogP) is 2.06. The number of hydrogen-bond donors (Lipinski definition) is 2. The largest absolute Gasteiger partial charge is 0.377 e. The molecule has 0 bridgehead atoms. The number of hydrogen-bond acceptors (Lipinski definition) is 3. The molecule has 4 heteroatoms. The van der Waals surface area contributed by atoms with Crippen LogP contribution in [0.2, 0.25) is 0 Å². The van der Waals surface area contributed by atoms with E-state index in [1.807, 2.05) is 13.8 Å². The van der Waals surface area contributed by atoms with E-state index in [1.165, 1.54) is 6.07 Å². The first-order valence-electron chi connectivity index (χ1n) is 5.44. The van der Waals surface area contributed by atoms with Crippen LogP contribution in [0.3, 0.4) is 0 Å². The number of aryl methyl sites for hydroxylation is 1. The third-order valence-corrected chi connectivity index (χ3v) is 2.62. The first-order valence-corrected chi connectivity index (χ1v) is 5.44. The van der Waals surface area contributed by atoms with Crippen molar-refractivity contribution in [1.82, 2.24) is 5.43 Å². The van der Waals surface area contributed by atoms with Crippen LogP contribution in [-0.2, 0) is 4.74 Å². The molecule has 1 rings (SSSR count). The van der Waals surface area contributed by atoms with Crippen LogP contribution in [0.1, 0.15) is 31.0 Å². The Morgan fingerprint density at radius 3 is 2.69 bits per heavy atom. The maximum atomic E-state index is 13.1. The Kier molecular flexibility index (Phi) is 4.86. The summed E-state index contributed by atoms with van der Waals surface area (Å²) in [5.74, 6) is 5.30. The van der Waals surface area contributed by atoms with E-state index in [1.54, 1.807) is 19.1 Å². The molecule has 3 N–H and O–H groups in total. The molecule has 0 aliphatic rings. The molecule has 0 aromatic heterocycles. The lowest BCUT2D eigenvalue weighted by Gasteiger charge is -2.23. The Bertz CT molecular complexity index is 344. The molecule has 0 saturated heterocycles. The van der Waals surface area contributed by atoms with Gasteiger partial charge in [-0.2, -0.15) is 0 Å². The lowest BCUT2D eigenvalue weighted by molar-refractivity contribution is 0.0472. The van der Waals surface area contributed by atoms with Crippen molar-refractivity contribution in [2.24, 2.45) is 5.84 Å². The number of nitrogens with two attached hydrogens (primary N) is 1. The van der Waals surface area contributed by atoms with Crippen molar-refractivity contribution in [2.75, 3.05) is 6.61 Å². The molecule has 0 fully saturated rings. The van der Waals surface area contributed by atoms with Crippen molar-refractivity contribution < 1.29 is 9.13 Å². The van der Waals surface area contributed by atoms with Crippen LogP contribution in [-0.4, -0.2) is 12.7 Å². The molecule has 16 heavy (non-hydrogen) atoms. The van der Waals surface area contributed by atoms with Crippen molar-refractivity contribution in [3.8, 4) is 0 Å². The molecule has 0 amide bonds. The third-order valence-electron chi connectivity index (χ3n) is 2.62. The number of ether oxygens (including phenoxy) is 1. The molecule has 2 unspecified atom stereocenters. The number of nitrogens with one attached hydrogen (secondary N) is 1. The predicted molar refractivity (Wildman–Crippen MR) is 62.3 cm³/mol. The van der Waals surface area contributed by atoms with Gasteiger partial charge in [-0.3, -0.25) is 11.3 Å². The molecule has 0 aliphatic heterocycles. The molecular weight excluding hydrogens is 207 g/mol. The van der Waals surface area contributed by atoms with Gasteiger partial charge in [0.15, 0.2) is 0 Å². The summed E-state index contributed by atoms with van der Waals surface area (Å²) in [5, 5.41) is 0. The van der Waals surface area contributed by atoms with Crippen molar-refractivity contribution in [3.63, 3.8) is 0 Å². The Balaban J connectivity index is 2.90. The van der Waals surface area contributed by atoms with Crippen molar-refractivity contribution in [1.29, 1.82) is 0 Å². The summed E-state index contributed by atoms with van der Waals surface area (Å²) in [6.07, 6.45) is -0.0557. The molecule has 90 valence electrons. The lowest BCUT2D eigenvalue weighted by atomic mass is 10.0. The topological polar surface area (TPSA) is 47.3 Å². The number of halogens is 1. The van der Waals surface area contributed by atoms with Crippen LogP contribution in [0.4, 0.5) is 4.39 Å². The Labute approximate surface area is 95.8 Å². The maximum absolute atomic E-state index is 13.1. The molecule has 0 saturated carbocycles. The molecular formula is C12H19FN2O. The lowest BCUT2D eigenvalue weighted by Crippen LogP contribution is -2.36. The average molecular weight is 226 g/mol. The minimum atomic E-state index is -0.205. The van der Waals surface area contributed by atoms with Gasteiger partial charge in [0.2, 0.25) is 0 Å². The third kappa shape index (κ3) is 3.01. The quantitative estimate of drug-likeness (QED) is 0.597. The molecule has 0 heterocycles. The summed E-state index contributed by atoms with van der Waals surface area (Å²) in [7, 11) is 0. The van der Waals surface area contributed by atoms with Gasteiger partial charge in [0.1, 0.15) is 5.82 Å². The van der Waals surface area contributed by atoms with E-state index < -0.39 is 0 Å². The average Bonchev–Trinajstić information content (AvgIpc) is 2.25. The molecule has 1 aromatic rings. The summed E-state index contributed by atoms with van der Waals surface area (Å²) in [4.78, 5) is 0. The highest BCUT2D eigenvalue weighted by Crippen LogP contribution is 2.20. The van der Waals surface area contributed by atoms with E-state index in [0.29, 0.717) is 12.2 Å². The van der Waals surface area contributed by atoms with Crippen LogP contribution in [0.15, 0.2) is 18.2 Å². The minimum Gasteiger partial charge on any atom is -0.377 e. The van der Waals surface area contributed by atoms with E-state index in [-0.39, 0.29) is 18.0 Å². The smallest absolute Gasteiger partial charge is 0.126 e. The second-order valence-electron chi connectivity index (χ2n) is 3.81. The Morgan fingerprint density at radius 2 is 2.19 bits per heavy atom. The highest BCUT2D eigenvalue weighted by atomic mass is 19.1. The zero-order valence-corrected chi connectivity index (χ0v) is 9.96. The first-order chi connectivity index (χ1) is 7.60. The molecule has 3 nitrogen and oxygen atoms in total.